The number of aromatic nitrogens is 5. The van der Waals surface area contributed by atoms with Gasteiger partial charge in [0.15, 0.2) is 10.8 Å². The number of hydrogen-bond donors (Lipinski definition) is 0. The first-order valence-electron chi connectivity index (χ1n) is 10.5. The number of nitrogens with zero attached hydrogens (tertiary/aromatic N) is 6. The third-order valence-corrected chi connectivity index (χ3v) is 6.31. The Kier molecular flexibility index (Phi) is 5.70. The van der Waals surface area contributed by atoms with E-state index in [9.17, 15) is 4.79 Å². The van der Waals surface area contributed by atoms with Gasteiger partial charge in [-0.2, -0.15) is 5.10 Å². The van der Waals surface area contributed by atoms with Crippen molar-refractivity contribution in [2.75, 3.05) is 24.3 Å². The predicted molar refractivity (Wildman–Crippen MR) is 129 cm³/mol. The molecule has 166 valence electrons. The van der Waals surface area contributed by atoms with Gasteiger partial charge in [0.05, 0.1) is 18.6 Å². The number of para-hydroxylation sites is 1. The Morgan fingerprint density at radius 3 is 2.58 bits per heavy atom. The molecule has 3 aromatic heterocycles. The highest BCUT2D eigenvalue weighted by Gasteiger charge is 2.17. The maximum Gasteiger partial charge on any atom is 0.237 e. The molecule has 0 N–H and O–H groups in total. The second-order valence-electron chi connectivity index (χ2n) is 7.32. The zero-order valence-electron chi connectivity index (χ0n) is 18.3. The van der Waals surface area contributed by atoms with Gasteiger partial charge in [-0.1, -0.05) is 30.0 Å². The molecule has 0 aliphatic rings. The second-order valence-corrected chi connectivity index (χ2v) is 8.27. The zero-order valence-corrected chi connectivity index (χ0v) is 19.1. The Balaban J connectivity index is 1.39. The topological polar surface area (TPSA) is 77.0 Å². The van der Waals surface area contributed by atoms with Crippen LogP contribution in [0.25, 0.3) is 22.4 Å². The number of ether oxygens (including phenoxy) is 1. The van der Waals surface area contributed by atoms with Gasteiger partial charge in [0.1, 0.15) is 11.3 Å². The third kappa shape index (κ3) is 4.03. The molecule has 8 nitrogen and oxygen atoms in total. The Hall–Kier alpha value is -3.85. The van der Waals surface area contributed by atoms with Gasteiger partial charge in [0.25, 0.3) is 0 Å². The van der Waals surface area contributed by atoms with Crippen molar-refractivity contribution in [3.05, 3.63) is 73.1 Å². The van der Waals surface area contributed by atoms with E-state index < -0.39 is 0 Å². The number of carbonyl (C=O) groups excluding carboxylic acids is 1. The van der Waals surface area contributed by atoms with Gasteiger partial charge >= 0.3 is 0 Å². The zero-order chi connectivity index (χ0) is 22.8. The summed E-state index contributed by atoms with van der Waals surface area (Å²) in [6.45, 7) is 2.58. The summed E-state index contributed by atoms with van der Waals surface area (Å²) in [5.74, 6) is 1.09. The highest BCUT2D eigenvalue weighted by molar-refractivity contribution is 7.99. The first kappa shape index (κ1) is 21.0. The molecule has 0 saturated carbocycles. The molecule has 33 heavy (non-hydrogen) atoms. The lowest BCUT2D eigenvalue weighted by Crippen LogP contribution is -2.32. The van der Waals surface area contributed by atoms with Crippen LogP contribution in [0.5, 0.6) is 5.75 Å². The molecule has 5 rings (SSSR count). The summed E-state index contributed by atoms with van der Waals surface area (Å²) in [5, 5.41) is 14.0. The van der Waals surface area contributed by atoms with E-state index in [0.29, 0.717) is 17.3 Å². The van der Waals surface area contributed by atoms with Crippen LogP contribution in [-0.2, 0) is 4.79 Å². The number of fused-ring (bicyclic) bond motifs is 3. The van der Waals surface area contributed by atoms with Crippen LogP contribution in [0.4, 0.5) is 5.69 Å². The standard InChI is InChI=1S/C24H22N6O2S/c1-3-28(18-7-5-4-6-8-18)22(31)16-33-24-26-25-23-21-15-20(27-30(21)14-13-29(23)24)17-9-11-19(32-2)12-10-17/h4-15H,3,16H2,1-2H3. The summed E-state index contributed by atoms with van der Waals surface area (Å²) in [6, 6.07) is 19.4. The maximum atomic E-state index is 12.8. The van der Waals surface area contributed by atoms with Crippen molar-refractivity contribution in [1.82, 2.24) is 24.2 Å². The molecular formula is C24H22N6O2S. The SMILES string of the molecule is CCN(C(=O)CSc1nnc2c3cc(-c4ccc(OC)cc4)nn3ccn12)c1ccccc1. The number of anilines is 1. The van der Waals surface area contributed by atoms with Crippen molar-refractivity contribution in [3.63, 3.8) is 0 Å². The van der Waals surface area contributed by atoms with Gasteiger partial charge in [0, 0.05) is 30.2 Å². The van der Waals surface area contributed by atoms with E-state index in [1.165, 1.54) is 11.8 Å². The second kappa shape index (κ2) is 8.95. The van der Waals surface area contributed by atoms with Crippen LogP contribution in [-0.4, -0.2) is 49.5 Å². The summed E-state index contributed by atoms with van der Waals surface area (Å²) >= 11 is 1.37. The molecule has 0 bridgehead atoms. The first-order chi connectivity index (χ1) is 16.2. The molecule has 9 heteroatoms. The van der Waals surface area contributed by atoms with Crippen molar-refractivity contribution < 1.29 is 9.53 Å². The quantitative estimate of drug-likeness (QED) is 0.340. The van der Waals surface area contributed by atoms with Crippen molar-refractivity contribution in [1.29, 1.82) is 0 Å². The Morgan fingerprint density at radius 2 is 1.85 bits per heavy atom. The van der Waals surface area contributed by atoms with Crippen LogP contribution in [0.3, 0.4) is 0 Å². The lowest BCUT2D eigenvalue weighted by atomic mass is 10.1. The number of methoxy groups -OCH3 is 1. The van der Waals surface area contributed by atoms with E-state index >= 15 is 0 Å². The van der Waals surface area contributed by atoms with Gasteiger partial charge in [-0.15, -0.1) is 10.2 Å². The summed E-state index contributed by atoms with van der Waals surface area (Å²) in [4.78, 5) is 14.6. The normalized spacial score (nSPS) is 11.2. The van der Waals surface area contributed by atoms with Gasteiger partial charge in [-0.05, 0) is 49.4 Å². The van der Waals surface area contributed by atoms with Crippen molar-refractivity contribution in [2.24, 2.45) is 0 Å². The van der Waals surface area contributed by atoms with Gasteiger partial charge in [-0.25, -0.2) is 4.52 Å². The van der Waals surface area contributed by atoms with Crippen LogP contribution >= 0.6 is 11.8 Å². The molecule has 5 aromatic rings. The number of carbonyl (C=O) groups is 1. The summed E-state index contributed by atoms with van der Waals surface area (Å²) in [7, 11) is 1.65. The fourth-order valence-electron chi connectivity index (χ4n) is 3.71. The first-order valence-corrected chi connectivity index (χ1v) is 11.5. The molecule has 3 heterocycles. The molecular weight excluding hydrogens is 436 g/mol. The summed E-state index contributed by atoms with van der Waals surface area (Å²) in [5.41, 5.74) is 4.24. The summed E-state index contributed by atoms with van der Waals surface area (Å²) < 4.78 is 8.92. The van der Waals surface area contributed by atoms with Crippen molar-refractivity contribution in [2.45, 2.75) is 12.1 Å². The lowest BCUT2D eigenvalue weighted by molar-refractivity contribution is -0.116. The molecule has 0 atom stereocenters. The minimum Gasteiger partial charge on any atom is -0.497 e. The molecule has 0 radical (unpaired) electrons. The minimum absolute atomic E-state index is 0.0256. The van der Waals surface area contributed by atoms with E-state index in [2.05, 4.69) is 15.3 Å². The van der Waals surface area contributed by atoms with Crippen LogP contribution < -0.4 is 9.64 Å². The fourth-order valence-corrected chi connectivity index (χ4v) is 4.50. The van der Waals surface area contributed by atoms with Crippen LogP contribution in [0.15, 0.2) is 78.2 Å². The molecule has 0 spiro atoms. The fraction of sp³-hybridized carbons (Fsp3) is 0.167. The predicted octanol–water partition coefficient (Wildman–Crippen LogP) is 4.20. The van der Waals surface area contributed by atoms with E-state index in [0.717, 1.165) is 28.2 Å². The summed E-state index contributed by atoms with van der Waals surface area (Å²) in [6.07, 6.45) is 3.74. The van der Waals surface area contributed by atoms with Crippen LogP contribution in [0.2, 0.25) is 0 Å². The van der Waals surface area contributed by atoms with E-state index in [-0.39, 0.29) is 11.7 Å². The smallest absolute Gasteiger partial charge is 0.237 e. The van der Waals surface area contributed by atoms with E-state index in [1.54, 1.807) is 16.5 Å². The maximum absolute atomic E-state index is 12.8. The molecule has 0 saturated heterocycles. The van der Waals surface area contributed by atoms with Gasteiger partial charge < -0.3 is 9.64 Å². The lowest BCUT2D eigenvalue weighted by Gasteiger charge is -2.20. The highest BCUT2D eigenvalue weighted by Crippen LogP contribution is 2.26. The Morgan fingerprint density at radius 1 is 1.06 bits per heavy atom. The number of benzene rings is 2. The average Bonchev–Trinajstić information content (AvgIpc) is 3.48. The van der Waals surface area contributed by atoms with Crippen molar-refractivity contribution in [3.8, 4) is 17.0 Å². The largest absolute Gasteiger partial charge is 0.497 e. The molecule has 0 fully saturated rings. The van der Waals surface area contributed by atoms with Gasteiger partial charge in [-0.3, -0.25) is 9.20 Å². The van der Waals surface area contributed by atoms with Crippen LogP contribution in [0, 0.1) is 0 Å². The van der Waals surface area contributed by atoms with Crippen LogP contribution in [0.1, 0.15) is 6.92 Å². The Bertz CT molecular complexity index is 1410. The molecule has 0 unspecified atom stereocenters. The number of amides is 1. The average molecular weight is 459 g/mol. The third-order valence-electron chi connectivity index (χ3n) is 5.38. The molecule has 0 aliphatic carbocycles. The van der Waals surface area contributed by atoms with E-state index in [1.807, 2.05) is 84.4 Å². The van der Waals surface area contributed by atoms with Crippen molar-refractivity contribution >= 4 is 34.5 Å². The number of thioether (sulfide) groups is 1. The number of rotatable bonds is 7. The molecule has 0 aliphatic heterocycles. The van der Waals surface area contributed by atoms with Gasteiger partial charge in [0.2, 0.25) is 5.91 Å². The molecule has 1 amide bonds. The Labute approximate surface area is 194 Å². The molecule has 2 aromatic carbocycles. The number of hydrogen-bond acceptors (Lipinski definition) is 6. The minimum atomic E-state index is 0.0256. The highest BCUT2D eigenvalue weighted by atomic mass is 32.2. The monoisotopic (exact) mass is 458 g/mol. The van der Waals surface area contributed by atoms with E-state index in [4.69, 9.17) is 4.74 Å².